The van der Waals surface area contributed by atoms with Crippen LogP contribution in [0.25, 0.3) is 0 Å². The van der Waals surface area contributed by atoms with Gasteiger partial charge in [-0.1, -0.05) is 194 Å². The lowest BCUT2D eigenvalue weighted by Crippen LogP contribution is -2.06. The van der Waals surface area contributed by atoms with Crippen molar-refractivity contribution in [3.8, 4) is 0 Å². The zero-order valence-electron chi connectivity index (χ0n) is 26.7. The highest BCUT2D eigenvalue weighted by Crippen LogP contribution is 2.37. The van der Waals surface area contributed by atoms with E-state index in [0.717, 1.165) is 0 Å². The number of hydrogen-bond donors (Lipinski definition) is 0. The lowest BCUT2D eigenvalue weighted by atomic mass is 10.0. The van der Waals surface area contributed by atoms with Crippen LogP contribution in [0.3, 0.4) is 0 Å². The molecule has 0 aromatic carbocycles. The predicted octanol–water partition coefficient (Wildman–Crippen LogP) is 12.2. The zero-order valence-corrected chi connectivity index (χ0v) is 26.7. The van der Waals surface area contributed by atoms with Gasteiger partial charge in [0.15, 0.2) is 12.6 Å². The van der Waals surface area contributed by atoms with E-state index in [-0.39, 0.29) is 12.6 Å². The largest absolute Gasteiger partial charge is 0.341 e. The van der Waals surface area contributed by atoms with Crippen molar-refractivity contribution >= 4 is 0 Å². The van der Waals surface area contributed by atoms with Crippen molar-refractivity contribution < 1.29 is 14.2 Å². The molecule has 2 aliphatic heterocycles. The number of rotatable bonds is 32. The maximum atomic E-state index is 5.99. The maximum absolute atomic E-state index is 5.99. The van der Waals surface area contributed by atoms with Crippen LogP contribution in [0.1, 0.15) is 206 Å². The van der Waals surface area contributed by atoms with Gasteiger partial charge in [0, 0.05) is 0 Å². The standard InChI is InChI=1S/C36H70O3/c1-3-5-7-9-11-13-15-17-19-21-23-25-27-29-31-33-35(37-33)39-36-34(38-36)32-30-28-26-24-22-20-18-16-14-12-10-8-6-4-2/h33-36H,3-32H2,1-2H3. The molecule has 4 unspecified atom stereocenters. The smallest absolute Gasteiger partial charge is 0.187 e. The zero-order chi connectivity index (χ0) is 27.6. The van der Waals surface area contributed by atoms with Crippen LogP contribution in [-0.4, -0.2) is 24.8 Å². The molecular formula is C36H70O3. The van der Waals surface area contributed by atoms with Crippen molar-refractivity contribution in [1.29, 1.82) is 0 Å². The Morgan fingerprint density at radius 3 is 0.821 bits per heavy atom. The molecule has 232 valence electrons. The van der Waals surface area contributed by atoms with Crippen molar-refractivity contribution in [2.45, 2.75) is 231 Å². The molecule has 0 saturated carbocycles. The summed E-state index contributed by atoms with van der Waals surface area (Å²) in [5, 5.41) is 0. The van der Waals surface area contributed by atoms with Gasteiger partial charge in [-0.25, -0.2) is 0 Å². The van der Waals surface area contributed by atoms with Gasteiger partial charge in [-0.15, -0.1) is 0 Å². The highest BCUT2D eigenvalue weighted by atomic mass is 16.9. The van der Waals surface area contributed by atoms with Gasteiger partial charge in [0.25, 0.3) is 0 Å². The molecule has 0 aromatic rings. The van der Waals surface area contributed by atoms with Gasteiger partial charge in [0.1, 0.15) is 12.2 Å². The van der Waals surface area contributed by atoms with Crippen LogP contribution < -0.4 is 0 Å². The fraction of sp³-hybridized carbons (Fsp3) is 1.00. The topological polar surface area (TPSA) is 34.3 Å². The first-order valence-electron chi connectivity index (χ1n) is 18.3. The van der Waals surface area contributed by atoms with E-state index in [1.54, 1.807) is 0 Å². The van der Waals surface area contributed by atoms with Gasteiger partial charge < -0.3 is 14.2 Å². The van der Waals surface area contributed by atoms with Gasteiger partial charge >= 0.3 is 0 Å². The van der Waals surface area contributed by atoms with Gasteiger partial charge in [0.2, 0.25) is 0 Å². The third kappa shape index (κ3) is 21.3. The third-order valence-electron chi connectivity index (χ3n) is 9.02. The minimum absolute atomic E-state index is 0.0262. The number of unbranched alkanes of at least 4 members (excludes halogenated alkanes) is 26. The molecule has 2 heterocycles. The molecule has 3 heteroatoms. The summed E-state index contributed by atoms with van der Waals surface area (Å²) in [6.45, 7) is 4.59. The lowest BCUT2D eigenvalue weighted by Gasteiger charge is -2.03. The van der Waals surface area contributed by atoms with E-state index < -0.39 is 0 Å². The third-order valence-corrected chi connectivity index (χ3v) is 9.02. The first-order valence-corrected chi connectivity index (χ1v) is 18.3. The first-order chi connectivity index (χ1) is 19.3. The molecule has 39 heavy (non-hydrogen) atoms. The van der Waals surface area contributed by atoms with Crippen molar-refractivity contribution in [2.75, 3.05) is 0 Å². The second-order valence-corrected chi connectivity index (χ2v) is 13.0. The van der Waals surface area contributed by atoms with E-state index in [4.69, 9.17) is 14.2 Å². The minimum atomic E-state index is 0.0262. The molecule has 3 nitrogen and oxygen atoms in total. The Kier molecular flexibility index (Phi) is 23.0. The SMILES string of the molecule is CCCCCCCCCCCCCCCCC1OC1OC1OC1CCCCCCCCCCCCCCCC. The maximum Gasteiger partial charge on any atom is 0.187 e. The van der Waals surface area contributed by atoms with Gasteiger partial charge in [0.05, 0.1) is 0 Å². The van der Waals surface area contributed by atoms with E-state index in [0.29, 0.717) is 12.2 Å². The molecule has 2 fully saturated rings. The van der Waals surface area contributed by atoms with Crippen LogP contribution in [0.5, 0.6) is 0 Å². The molecular weight excluding hydrogens is 480 g/mol. The normalized spacial score (nSPS) is 22.0. The summed E-state index contributed by atoms with van der Waals surface area (Å²) in [5.41, 5.74) is 0. The fourth-order valence-electron chi connectivity index (χ4n) is 6.11. The van der Waals surface area contributed by atoms with E-state index >= 15 is 0 Å². The molecule has 2 aliphatic rings. The van der Waals surface area contributed by atoms with E-state index in [9.17, 15) is 0 Å². The van der Waals surface area contributed by atoms with E-state index in [1.165, 1.54) is 193 Å². The molecule has 0 aliphatic carbocycles. The molecule has 0 radical (unpaired) electrons. The number of epoxide rings is 2. The van der Waals surface area contributed by atoms with Crippen LogP contribution in [0.15, 0.2) is 0 Å². The van der Waals surface area contributed by atoms with E-state index in [1.807, 2.05) is 0 Å². The second-order valence-electron chi connectivity index (χ2n) is 13.0. The highest BCUT2D eigenvalue weighted by molar-refractivity contribution is 4.83. The second kappa shape index (κ2) is 25.6. The Hall–Kier alpha value is -0.120. The van der Waals surface area contributed by atoms with Gasteiger partial charge in [-0.2, -0.15) is 0 Å². The Morgan fingerprint density at radius 2 is 0.564 bits per heavy atom. The van der Waals surface area contributed by atoms with Crippen LogP contribution in [0.2, 0.25) is 0 Å². The highest BCUT2D eigenvalue weighted by Gasteiger charge is 2.48. The summed E-state index contributed by atoms with van der Waals surface area (Å²) in [7, 11) is 0. The number of ether oxygens (including phenoxy) is 3. The minimum Gasteiger partial charge on any atom is -0.341 e. The Morgan fingerprint density at radius 1 is 0.333 bits per heavy atom. The van der Waals surface area contributed by atoms with Crippen LogP contribution in [0, 0.1) is 0 Å². The molecule has 0 amide bonds. The fourth-order valence-corrected chi connectivity index (χ4v) is 6.11. The summed E-state index contributed by atoms with van der Waals surface area (Å²) in [6.07, 6.45) is 42.7. The number of hydrogen-bond acceptors (Lipinski definition) is 3. The average Bonchev–Trinajstić information content (AvgIpc) is 3.87. The monoisotopic (exact) mass is 551 g/mol. The quantitative estimate of drug-likeness (QED) is 0.0617. The molecule has 0 N–H and O–H groups in total. The van der Waals surface area contributed by atoms with Crippen LogP contribution in [0.4, 0.5) is 0 Å². The Balaban J connectivity index is 1.22. The summed E-state index contributed by atoms with van der Waals surface area (Å²) in [4.78, 5) is 0. The Bertz CT molecular complexity index is 466. The van der Waals surface area contributed by atoms with Gasteiger partial charge in [-0.3, -0.25) is 0 Å². The summed E-state index contributed by atoms with van der Waals surface area (Å²) >= 11 is 0. The van der Waals surface area contributed by atoms with E-state index in [2.05, 4.69) is 13.8 Å². The molecule has 0 aromatic heterocycles. The molecule has 0 bridgehead atoms. The van der Waals surface area contributed by atoms with Crippen LogP contribution in [-0.2, 0) is 14.2 Å². The molecule has 0 spiro atoms. The average molecular weight is 551 g/mol. The molecule has 2 rings (SSSR count). The lowest BCUT2D eigenvalue weighted by molar-refractivity contribution is -0.0103. The van der Waals surface area contributed by atoms with Crippen molar-refractivity contribution in [3.05, 3.63) is 0 Å². The molecule has 2 saturated heterocycles. The van der Waals surface area contributed by atoms with Crippen molar-refractivity contribution in [2.24, 2.45) is 0 Å². The summed E-state index contributed by atoms with van der Waals surface area (Å²) in [6, 6.07) is 0. The summed E-state index contributed by atoms with van der Waals surface area (Å²) < 4.78 is 17.5. The van der Waals surface area contributed by atoms with Crippen molar-refractivity contribution in [1.82, 2.24) is 0 Å². The van der Waals surface area contributed by atoms with Crippen LogP contribution >= 0.6 is 0 Å². The first kappa shape index (κ1) is 35.1. The van der Waals surface area contributed by atoms with Crippen molar-refractivity contribution in [3.63, 3.8) is 0 Å². The van der Waals surface area contributed by atoms with Gasteiger partial charge in [-0.05, 0) is 12.8 Å². The molecule has 4 atom stereocenters. The predicted molar refractivity (Wildman–Crippen MR) is 168 cm³/mol. The summed E-state index contributed by atoms with van der Waals surface area (Å²) in [5.74, 6) is 0. The Labute approximate surface area is 245 Å².